The van der Waals surface area contributed by atoms with E-state index in [1.165, 1.54) is 11.7 Å². The first-order valence-electron chi connectivity index (χ1n) is 9.42. The zero-order valence-corrected chi connectivity index (χ0v) is 18.7. The van der Waals surface area contributed by atoms with Gasteiger partial charge in [-0.3, -0.25) is 19.0 Å². The Bertz CT molecular complexity index is 961. The van der Waals surface area contributed by atoms with Crippen molar-refractivity contribution < 1.29 is 14.3 Å². The summed E-state index contributed by atoms with van der Waals surface area (Å²) < 4.78 is 5.96. The molecule has 0 spiro atoms. The SMILES string of the molecule is COC(=O)Cn1c(SCC(=O)NC(C)(C)CC(C)(C)C)nc2ccccc2c1=O. The van der Waals surface area contributed by atoms with E-state index in [9.17, 15) is 14.4 Å². The molecule has 1 aromatic heterocycles. The zero-order valence-electron chi connectivity index (χ0n) is 17.9. The minimum atomic E-state index is -0.554. The molecule has 2 rings (SSSR count). The Labute approximate surface area is 175 Å². The fourth-order valence-electron chi connectivity index (χ4n) is 3.50. The number of nitrogens with zero attached hydrogens (tertiary/aromatic N) is 2. The van der Waals surface area contributed by atoms with Crippen molar-refractivity contribution in [1.82, 2.24) is 14.9 Å². The Morgan fingerprint density at radius 1 is 1.17 bits per heavy atom. The maximum atomic E-state index is 12.8. The number of hydrogen-bond donors (Lipinski definition) is 1. The number of nitrogens with one attached hydrogen (secondary N) is 1. The van der Waals surface area contributed by atoms with Crippen LogP contribution in [0, 0.1) is 5.41 Å². The molecule has 7 nitrogen and oxygen atoms in total. The number of carbonyl (C=O) groups is 2. The van der Waals surface area contributed by atoms with Crippen molar-refractivity contribution in [3.63, 3.8) is 0 Å². The number of esters is 1. The number of ether oxygens (including phenoxy) is 1. The quantitative estimate of drug-likeness (QED) is 0.422. The normalized spacial score (nSPS) is 12.1. The molecule has 0 aliphatic carbocycles. The molecular weight excluding hydrogens is 390 g/mol. The molecule has 0 atom stereocenters. The molecule has 1 aromatic carbocycles. The molecule has 0 fully saturated rings. The lowest BCUT2D eigenvalue weighted by atomic mass is 9.82. The van der Waals surface area contributed by atoms with Crippen LogP contribution in [0.2, 0.25) is 0 Å². The number of thioether (sulfide) groups is 1. The minimum absolute atomic E-state index is 0.0742. The average Bonchev–Trinajstić information content (AvgIpc) is 2.60. The van der Waals surface area contributed by atoms with Crippen LogP contribution in [0.3, 0.4) is 0 Å². The van der Waals surface area contributed by atoms with Crippen LogP contribution in [0.5, 0.6) is 0 Å². The maximum absolute atomic E-state index is 12.8. The second-order valence-electron chi connectivity index (χ2n) is 8.84. The Morgan fingerprint density at radius 3 is 2.45 bits per heavy atom. The van der Waals surface area contributed by atoms with Crippen LogP contribution in [-0.4, -0.2) is 39.8 Å². The van der Waals surface area contributed by atoms with Gasteiger partial charge in [-0.15, -0.1) is 0 Å². The summed E-state index contributed by atoms with van der Waals surface area (Å²) in [5.74, 6) is -0.627. The molecule has 0 aliphatic heterocycles. The summed E-state index contributed by atoms with van der Waals surface area (Å²) in [4.78, 5) is 41.6. The largest absolute Gasteiger partial charge is 0.468 e. The molecule has 1 heterocycles. The van der Waals surface area contributed by atoms with Gasteiger partial charge in [-0.05, 0) is 37.8 Å². The van der Waals surface area contributed by atoms with Gasteiger partial charge in [-0.1, -0.05) is 44.7 Å². The molecule has 8 heteroatoms. The summed E-state index contributed by atoms with van der Waals surface area (Å²) in [5, 5.41) is 3.76. The lowest BCUT2D eigenvalue weighted by Crippen LogP contribution is -2.46. The summed E-state index contributed by atoms with van der Waals surface area (Å²) in [6.07, 6.45) is 0.817. The molecule has 0 bridgehead atoms. The van der Waals surface area contributed by atoms with E-state index in [0.29, 0.717) is 16.1 Å². The van der Waals surface area contributed by atoms with E-state index in [0.717, 1.165) is 18.2 Å². The van der Waals surface area contributed by atoms with Crippen LogP contribution in [0.25, 0.3) is 10.9 Å². The average molecular weight is 420 g/mol. The molecule has 1 N–H and O–H groups in total. The molecule has 0 saturated carbocycles. The van der Waals surface area contributed by atoms with Crippen molar-refractivity contribution in [2.24, 2.45) is 5.41 Å². The van der Waals surface area contributed by atoms with Gasteiger partial charge in [0.1, 0.15) is 6.54 Å². The van der Waals surface area contributed by atoms with Crippen LogP contribution in [0.4, 0.5) is 0 Å². The second kappa shape index (κ2) is 8.98. The van der Waals surface area contributed by atoms with Gasteiger partial charge in [0.2, 0.25) is 5.91 Å². The molecule has 0 aliphatic rings. The molecular formula is C21H29N3O4S. The predicted molar refractivity (Wildman–Crippen MR) is 115 cm³/mol. The Kier molecular flexibility index (Phi) is 7.11. The molecule has 158 valence electrons. The van der Waals surface area contributed by atoms with Gasteiger partial charge >= 0.3 is 5.97 Å². The van der Waals surface area contributed by atoms with E-state index in [1.54, 1.807) is 24.3 Å². The van der Waals surface area contributed by atoms with Gasteiger partial charge in [0.05, 0.1) is 23.8 Å². The van der Waals surface area contributed by atoms with Crippen LogP contribution in [-0.2, 0) is 20.9 Å². The van der Waals surface area contributed by atoms with E-state index < -0.39 is 5.97 Å². The number of rotatable bonds is 7. The first-order valence-corrected chi connectivity index (χ1v) is 10.4. The first-order chi connectivity index (χ1) is 13.4. The van der Waals surface area contributed by atoms with Crippen molar-refractivity contribution in [1.29, 1.82) is 0 Å². The summed E-state index contributed by atoms with van der Waals surface area (Å²) in [6.45, 7) is 10.1. The fraction of sp³-hybridized carbons (Fsp3) is 0.524. The topological polar surface area (TPSA) is 90.3 Å². The van der Waals surface area contributed by atoms with Gasteiger partial charge in [0.25, 0.3) is 5.56 Å². The molecule has 1 amide bonds. The van der Waals surface area contributed by atoms with Crippen molar-refractivity contribution >= 4 is 34.5 Å². The van der Waals surface area contributed by atoms with Gasteiger partial charge in [0.15, 0.2) is 5.16 Å². The van der Waals surface area contributed by atoms with Gasteiger partial charge in [-0.25, -0.2) is 4.98 Å². The van der Waals surface area contributed by atoms with Crippen LogP contribution >= 0.6 is 11.8 Å². The molecule has 0 unspecified atom stereocenters. The Morgan fingerprint density at radius 2 is 1.83 bits per heavy atom. The number of aromatic nitrogens is 2. The third-order valence-electron chi connectivity index (χ3n) is 4.12. The summed E-state index contributed by atoms with van der Waals surface area (Å²) >= 11 is 1.13. The number of carbonyl (C=O) groups excluding carboxylic acids is 2. The highest BCUT2D eigenvalue weighted by Gasteiger charge is 2.27. The van der Waals surface area contributed by atoms with Gasteiger partial charge in [0, 0.05) is 5.54 Å². The third kappa shape index (κ3) is 6.59. The Balaban J connectivity index is 2.24. The van der Waals surface area contributed by atoms with E-state index in [1.807, 2.05) is 13.8 Å². The predicted octanol–water partition coefficient (Wildman–Crippen LogP) is 2.99. The monoisotopic (exact) mass is 419 g/mol. The van der Waals surface area contributed by atoms with Gasteiger partial charge < -0.3 is 10.1 Å². The summed E-state index contributed by atoms with van der Waals surface area (Å²) in [7, 11) is 1.26. The van der Waals surface area contributed by atoms with E-state index in [-0.39, 0.29) is 34.7 Å². The summed E-state index contributed by atoms with van der Waals surface area (Å²) in [6, 6.07) is 6.92. The lowest BCUT2D eigenvalue weighted by Gasteiger charge is -2.33. The van der Waals surface area contributed by atoms with Crippen LogP contribution in [0.1, 0.15) is 41.0 Å². The summed E-state index contributed by atoms with van der Waals surface area (Å²) in [5.41, 5.74) is -0.102. The third-order valence-corrected chi connectivity index (χ3v) is 5.10. The fourth-order valence-corrected chi connectivity index (χ4v) is 4.30. The highest BCUT2D eigenvalue weighted by atomic mass is 32.2. The molecule has 0 saturated heterocycles. The highest BCUT2D eigenvalue weighted by molar-refractivity contribution is 7.99. The van der Waals surface area contributed by atoms with Crippen molar-refractivity contribution in [3.8, 4) is 0 Å². The minimum Gasteiger partial charge on any atom is -0.468 e. The number of methoxy groups -OCH3 is 1. The highest BCUT2D eigenvalue weighted by Crippen LogP contribution is 2.27. The van der Waals surface area contributed by atoms with Crippen LogP contribution in [0.15, 0.2) is 34.2 Å². The number of fused-ring (bicyclic) bond motifs is 1. The number of para-hydroxylation sites is 1. The second-order valence-corrected chi connectivity index (χ2v) is 9.78. The molecule has 29 heavy (non-hydrogen) atoms. The van der Waals surface area contributed by atoms with E-state index >= 15 is 0 Å². The van der Waals surface area contributed by atoms with Crippen LogP contribution < -0.4 is 10.9 Å². The standard InChI is InChI=1S/C21H29N3O4S/c1-20(2,3)13-21(4,5)23-16(25)12-29-19-22-15-10-8-7-9-14(15)18(27)24(19)11-17(26)28-6/h7-10H,11-13H2,1-6H3,(H,23,25). The number of benzene rings is 1. The van der Waals surface area contributed by atoms with Crippen molar-refractivity contribution in [2.45, 2.75) is 58.3 Å². The van der Waals surface area contributed by atoms with Gasteiger partial charge in [-0.2, -0.15) is 0 Å². The van der Waals surface area contributed by atoms with Crippen molar-refractivity contribution in [2.75, 3.05) is 12.9 Å². The first kappa shape index (κ1) is 22.9. The zero-order chi connectivity index (χ0) is 21.8. The van der Waals surface area contributed by atoms with E-state index in [4.69, 9.17) is 4.74 Å². The smallest absolute Gasteiger partial charge is 0.325 e. The van der Waals surface area contributed by atoms with E-state index in [2.05, 4.69) is 31.1 Å². The van der Waals surface area contributed by atoms with Crippen molar-refractivity contribution in [3.05, 3.63) is 34.6 Å². The molecule has 0 radical (unpaired) electrons. The molecule has 2 aromatic rings. The number of hydrogen-bond acceptors (Lipinski definition) is 6. The lowest BCUT2D eigenvalue weighted by molar-refractivity contribution is -0.141. The maximum Gasteiger partial charge on any atom is 0.325 e. The Hall–Kier alpha value is -2.35. The number of amides is 1.